The fourth-order valence-electron chi connectivity index (χ4n) is 1.60. The van der Waals surface area contributed by atoms with Gasteiger partial charge in [-0.15, -0.1) is 0 Å². The van der Waals surface area contributed by atoms with Crippen LogP contribution in [0.15, 0.2) is 29.8 Å². The SMILES string of the molecule is C=C(Cl)COc1cc(OCCC)ccc1CNC(C)C. The molecule has 0 aliphatic rings. The van der Waals surface area contributed by atoms with Gasteiger partial charge in [0.05, 0.1) is 6.61 Å². The maximum atomic E-state index is 5.76. The van der Waals surface area contributed by atoms with Gasteiger partial charge in [-0.3, -0.25) is 0 Å². The van der Waals surface area contributed by atoms with Crippen LogP contribution in [-0.2, 0) is 6.54 Å². The monoisotopic (exact) mass is 297 g/mol. The third kappa shape index (κ3) is 6.31. The fourth-order valence-corrected chi connectivity index (χ4v) is 1.65. The van der Waals surface area contributed by atoms with Crippen LogP contribution in [0, 0.1) is 0 Å². The van der Waals surface area contributed by atoms with Gasteiger partial charge < -0.3 is 14.8 Å². The molecule has 20 heavy (non-hydrogen) atoms. The molecule has 0 aliphatic heterocycles. The van der Waals surface area contributed by atoms with Crippen molar-refractivity contribution in [3.63, 3.8) is 0 Å². The van der Waals surface area contributed by atoms with E-state index >= 15 is 0 Å². The summed E-state index contributed by atoms with van der Waals surface area (Å²) in [6.45, 7) is 11.7. The molecule has 0 atom stereocenters. The van der Waals surface area contributed by atoms with Gasteiger partial charge >= 0.3 is 0 Å². The number of ether oxygens (including phenoxy) is 2. The standard InChI is InChI=1S/C16H24ClNO2/c1-5-8-19-15-7-6-14(10-18-12(2)3)16(9-15)20-11-13(4)17/h6-7,9,12,18H,4-5,8,10-11H2,1-3H3. The van der Waals surface area contributed by atoms with Crippen molar-refractivity contribution in [3.8, 4) is 11.5 Å². The van der Waals surface area contributed by atoms with Crippen LogP contribution in [0.25, 0.3) is 0 Å². The molecule has 1 rings (SSSR count). The largest absolute Gasteiger partial charge is 0.493 e. The Labute approximate surface area is 126 Å². The molecule has 0 amide bonds. The smallest absolute Gasteiger partial charge is 0.128 e. The maximum absolute atomic E-state index is 5.76. The molecule has 112 valence electrons. The van der Waals surface area contributed by atoms with Gasteiger partial charge in [0.25, 0.3) is 0 Å². The van der Waals surface area contributed by atoms with Crippen molar-refractivity contribution >= 4 is 11.6 Å². The van der Waals surface area contributed by atoms with E-state index in [4.69, 9.17) is 21.1 Å². The van der Waals surface area contributed by atoms with Crippen molar-refractivity contribution in [2.75, 3.05) is 13.2 Å². The van der Waals surface area contributed by atoms with Crippen LogP contribution in [0.5, 0.6) is 11.5 Å². The minimum atomic E-state index is 0.299. The zero-order valence-electron chi connectivity index (χ0n) is 12.5. The molecule has 0 spiro atoms. The highest BCUT2D eigenvalue weighted by Gasteiger charge is 2.07. The summed E-state index contributed by atoms with van der Waals surface area (Å²) in [7, 11) is 0. The van der Waals surface area contributed by atoms with E-state index in [9.17, 15) is 0 Å². The quantitative estimate of drug-likeness (QED) is 0.744. The second kappa shape index (κ2) is 8.88. The first-order valence-electron chi connectivity index (χ1n) is 6.98. The fraction of sp³-hybridized carbons (Fsp3) is 0.500. The number of benzene rings is 1. The Morgan fingerprint density at radius 3 is 2.70 bits per heavy atom. The molecule has 0 aromatic heterocycles. The summed E-state index contributed by atoms with van der Waals surface area (Å²) in [6.07, 6.45) is 0.978. The molecule has 1 N–H and O–H groups in total. The van der Waals surface area contributed by atoms with Crippen LogP contribution in [-0.4, -0.2) is 19.3 Å². The molecule has 1 aromatic rings. The summed E-state index contributed by atoms with van der Waals surface area (Å²) >= 11 is 5.76. The lowest BCUT2D eigenvalue weighted by molar-refractivity contribution is 0.310. The highest BCUT2D eigenvalue weighted by molar-refractivity contribution is 6.29. The third-order valence-electron chi connectivity index (χ3n) is 2.60. The first-order valence-corrected chi connectivity index (χ1v) is 7.36. The molecule has 1 aromatic carbocycles. The minimum absolute atomic E-state index is 0.299. The third-order valence-corrected chi connectivity index (χ3v) is 2.71. The van der Waals surface area contributed by atoms with E-state index in [1.54, 1.807) is 0 Å². The Hall–Kier alpha value is -1.19. The van der Waals surface area contributed by atoms with E-state index in [1.807, 2.05) is 18.2 Å². The molecule has 0 aliphatic carbocycles. The van der Waals surface area contributed by atoms with Crippen LogP contribution >= 0.6 is 11.6 Å². The summed E-state index contributed by atoms with van der Waals surface area (Å²) in [5, 5.41) is 3.86. The molecular weight excluding hydrogens is 274 g/mol. The lowest BCUT2D eigenvalue weighted by Crippen LogP contribution is -2.22. The van der Waals surface area contributed by atoms with E-state index in [0.29, 0.717) is 24.3 Å². The molecule has 0 unspecified atom stereocenters. The van der Waals surface area contributed by atoms with E-state index in [1.165, 1.54) is 0 Å². The summed E-state index contributed by atoms with van der Waals surface area (Å²) in [4.78, 5) is 0. The average molecular weight is 298 g/mol. The van der Waals surface area contributed by atoms with Gasteiger partial charge in [-0.2, -0.15) is 0 Å². The normalized spacial score (nSPS) is 10.7. The Balaban J connectivity index is 2.81. The Bertz CT molecular complexity index is 432. The van der Waals surface area contributed by atoms with Crippen molar-refractivity contribution in [1.82, 2.24) is 5.32 Å². The first-order chi connectivity index (χ1) is 9.52. The number of nitrogens with one attached hydrogen (secondary N) is 1. The highest BCUT2D eigenvalue weighted by atomic mass is 35.5. The van der Waals surface area contributed by atoms with E-state index in [0.717, 1.165) is 30.0 Å². The summed E-state index contributed by atoms with van der Waals surface area (Å²) in [6, 6.07) is 6.32. The predicted molar refractivity (Wildman–Crippen MR) is 84.7 cm³/mol. The topological polar surface area (TPSA) is 30.5 Å². The molecule has 0 saturated heterocycles. The van der Waals surface area contributed by atoms with Crippen LogP contribution < -0.4 is 14.8 Å². The van der Waals surface area contributed by atoms with E-state index in [-0.39, 0.29) is 0 Å². The maximum Gasteiger partial charge on any atom is 0.128 e. The van der Waals surface area contributed by atoms with Crippen molar-refractivity contribution < 1.29 is 9.47 Å². The molecule has 4 heteroatoms. The van der Waals surface area contributed by atoms with Crippen molar-refractivity contribution in [1.29, 1.82) is 0 Å². The van der Waals surface area contributed by atoms with Crippen molar-refractivity contribution in [2.45, 2.75) is 39.8 Å². The molecule has 0 saturated carbocycles. The van der Waals surface area contributed by atoms with Gasteiger partial charge in [-0.1, -0.05) is 45.0 Å². The second-order valence-corrected chi connectivity index (χ2v) is 5.49. The number of hydrogen-bond acceptors (Lipinski definition) is 3. The highest BCUT2D eigenvalue weighted by Crippen LogP contribution is 2.26. The van der Waals surface area contributed by atoms with Gasteiger partial charge in [0, 0.05) is 29.2 Å². The van der Waals surface area contributed by atoms with Gasteiger partial charge in [-0.25, -0.2) is 0 Å². The number of hydrogen-bond donors (Lipinski definition) is 1. The van der Waals surface area contributed by atoms with E-state index in [2.05, 4.69) is 32.7 Å². The Morgan fingerprint density at radius 2 is 2.10 bits per heavy atom. The average Bonchev–Trinajstić information content (AvgIpc) is 2.41. The lowest BCUT2D eigenvalue weighted by Gasteiger charge is -2.15. The van der Waals surface area contributed by atoms with Crippen LogP contribution in [0.3, 0.4) is 0 Å². The van der Waals surface area contributed by atoms with Crippen molar-refractivity contribution in [2.24, 2.45) is 0 Å². The lowest BCUT2D eigenvalue weighted by atomic mass is 10.2. The van der Waals surface area contributed by atoms with E-state index < -0.39 is 0 Å². The Morgan fingerprint density at radius 1 is 1.35 bits per heavy atom. The number of rotatable bonds is 9. The molecular formula is C16H24ClNO2. The summed E-state index contributed by atoms with van der Waals surface area (Å²) in [5.74, 6) is 1.60. The molecule has 0 fully saturated rings. The number of halogens is 1. The molecule has 0 heterocycles. The Kier molecular flexibility index (Phi) is 7.48. The van der Waals surface area contributed by atoms with Crippen molar-refractivity contribution in [3.05, 3.63) is 35.4 Å². The zero-order valence-corrected chi connectivity index (χ0v) is 13.3. The minimum Gasteiger partial charge on any atom is -0.493 e. The van der Waals surface area contributed by atoms with Gasteiger partial charge in [0.2, 0.25) is 0 Å². The second-order valence-electron chi connectivity index (χ2n) is 4.96. The van der Waals surface area contributed by atoms with Crippen LogP contribution in [0.1, 0.15) is 32.8 Å². The van der Waals surface area contributed by atoms with Crippen LogP contribution in [0.4, 0.5) is 0 Å². The van der Waals surface area contributed by atoms with Gasteiger partial charge in [0.1, 0.15) is 18.1 Å². The summed E-state index contributed by atoms with van der Waals surface area (Å²) in [5.41, 5.74) is 1.08. The van der Waals surface area contributed by atoms with Gasteiger partial charge in [-0.05, 0) is 12.5 Å². The molecule has 0 bridgehead atoms. The van der Waals surface area contributed by atoms with Gasteiger partial charge in [0.15, 0.2) is 0 Å². The zero-order chi connectivity index (χ0) is 15.0. The summed E-state index contributed by atoms with van der Waals surface area (Å²) < 4.78 is 11.3. The van der Waals surface area contributed by atoms with Crippen LogP contribution in [0.2, 0.25) is 0 Å². The predicted octanol–water partition coefficient (Wildman–Crippen LogP) is 4.10. The first kappa shape index (κ1) is 16.9. The molecule has 0 radical (unpaired) electrons. The molecule has 3 nitrogen and oxygen atoms in total.